The summed E-state index contributed by atoms with van der Waals surface area (Å²) in [5.74, 6) is -1.65. The number of nitrogens with one attached hydrogen (secondary N) is 3. The van der Waals surface area contributed by atoms with Gasteiger partial charge in [-0.3, -0.25) is 14.4 Å². The maximum Gasteiger partial charge on any atom is 0.314 e. The van der Waals surface area contributed by atoms with E-state index in [0.717, 1.165) is 36.0 Å². The van der Waals surface area contributed by atoms with E-state index in [1.807, 2.05) is 62.6 Å². The van der Waals surface area contributed by atoms with E-state index < -0.39 is 142 Å². The van der Waals surface area contributed by atoms with Crippen molar-refractivity contribution >= 4 is 45.1 Å². The molecule has 27 atom stereocenters. The lowest BCUT2D eigenvalue weighted by molar-refractivity contribution is -0.233. The molecule has 1 spiro atoms. The van der Waals surface area contributed by atoms with Crippen molar-refractivity contribution in [2.75, 3.05) is 24.7 Å². The van der Waals surface area contributed by atoms with Crippen LogP contribution in [-0.4, -0.2) is 147 Å². The third kappa shape index (κ3) is 11.6. The number of aliphatic imine (C=N–C) groups is 1. The molecule has 8 bridgehead atoms. The number of hydrogen-bond donors (Lipinski definition) is 13. The number of hydrogen-bond acceptors (Lipinski definition) is 17. The Bertz CT molecular complexity index is 3630. The number of aromatic hydroxyl groups is 1. The number of nitrogens with two attached hydrogens (primary N) is 1. The van der Waals surface area contributed by atoms with E-state index in [1.165, 1.54) is 27.2 Å². The Balaban J connectivity index is 0.978. The Labute approximate surface area is 577 Å². The molecular formula is C77H99N5O13S2. The minimum Gasteiger partial charge on any atom is -0.508 e. The van der Waals surface area contributed by atoms with Crippen molar-refractivity contribution < 1.29 is 65.1 Å². The molecule has 9 aliphatic carbocycles. The molecule has 97 heavy (non-hydrogen) atoms. The third-order valence-corrected chi connectivity index (χ3v) is 29.3. The van der Waals surface area contributed by atoms with Crippen LogP contribution in [0.1, 0.15) is 133 Å². The molecule has 522 valence electrons. The van der Waals surface area contributed by atoms with E-state index >= 15 is 14.7 Å². The predicted octanol–water partition coefficient (Wildman–Crippen LogP) is 7.41. The van der Waals surface area contributed by atoms with Crippen molar-refractivity contribution in [2.45, 2.75) is 171 Å². The number of rotatable bonds is 10. The van der Waals surface area contributed by atoms with Gasteiger partial charge < -0.3 is 72.0 Å². The predicted molar refractivity (Wildman–Crippen MR) is 370 cm³/mol. The molecule has 7 fully saturated rings. The van der Waals surface area contributed by atoms with Crippen molar-refractivity contribution in [3.05, 3.63) is 125 Å². The van der Waals surface area contributed by atoms with Crippen LogP contribution >= 0.6 is 21.6 Å². The summed E-state index contributed by atoms with van der Waals surface area (Å²) in [5.41, 5.74) is 4.21. The number of benzene rings is 2. The first kappa shape index (κ1) is 68.7. The average Bonchev–Trinajstić information content (AvgIpc) is 1.42. The molecule has 14 N–H and O–H groups in total. The Hall–Kier alpha value is -5.44. The maximum atomic E-state index is 16.7. The van der Waals surface area contributed by atoms with Crippen LogP contribution in [0.5, 0.6) is 5.75 Å². The van der Waals surface area contributed by atoms with Gasteiger partial charge in [0, 0.05) is 90.1 Å². The lowest BCUT2D eigenvalue weighted by atomic mass is 9.37. The minimum absolute atomic E-state index is 0.0106. The van der Waals surface area contributed by atoms with Gasteiger partial charge in [0.05, 0.1) is 54.3 Å². The first-order valence-corrected chi connectivity index (χ1v) is 38.4. The van der Waals surface area contributed by atoms with E-state index in [1.54, 1.807) is 31.2 Å². The van der Waals surface area contributed by atoms with Crippen molar-refractivity contribution in [1.29, 1.82) is 0 Å². The van der Waals surface area contributed by atoms with Gasteiger partial charge in [0.1, 0.15) is 17.9 Å². The van der Waals surface area contributed by atoms with Crippen LogP contribution in [0.4, 0.5) is 0 Å². The van der Waals surface area contributed by atoms with Crippen molar-refractivity contribution in [3.8, 4) is 17.6 Å². The zero-order valence-electron chi connectivity index (χ0n) is 56.0. The van der Waals surface area contributed by atoms with E-state index in [9.17, 15) is 45.6 Å². The molecule has 2 aromatic carbocycles. The molecule has 0 radical (unpaired) electrons. The summed E-state index contributed by atoms with van der Waals surface area (Å²) >= 11 is 0. The van der Waals surface area contributed by atoms with Gasteiger partial charge in [0.25, 0.3) is 0 Å². The lowest BCUT2D eigenvalue weighted by Crippen LogP contribution is -2.72. The van der Waals surface area contributed by atoms with Crippen molar-refractivity contribution in [1.82, 2.24) is 15.6 Å². The summed E-state index contributed by atoms with van der Waals surface area (Å²) in [6, 6.07) is 16.9. The summed E-state index contributed by atoms with van der Waals surface area (Å²) in [6.07, 6.45) is 8.01. The van der Waals surface area contributed by atoms with E-state index in [0.29, 0.717) is 36.5 Å². The molecule has 11 aliphatic rings. The highest BCUT2D eigenvalue weighted by molar-refractivity contribution is 8.76. The number of Topliss-reactive ketones (excluding diaryl/α,β-unsaturated/α-hetero) is 2. The third-order valence-electron chi connectivity index (χ3n) is 26.7. The number of ketones is 2. The molecule has 1 aromatic heterocycles. The van der Waals surface area contributed by atoms with Crippen LogP contribution in [0.3, 0.4) is 0 Å². The van der Waals surface area contributed by atoms with Gasteiger partial charge in [-0.2, -0.15) is 0 Å². The number of aromatic nitrogens is 1. The number of carbonyl (C=O) groups excluding carboxylic acids is 3. The molecule has 3 aromatic rings. The number of aliphatic hydroxyl groups is 8. The first-order chi connectivity index (χ1) is 46.5. The second-order valence-electron chi connectivity index (χ2n) is 31.7. The Morgan fingerprint density at radius 3 is 2.40 bits per heavy atom. The lowest BCUT2D eigenvalue weighted by Gasteiger charge is -2.69. The van der Waals surface area contributed by atoms with E-state index in [2.05, 4.69) is 52.6 Å². The molecule has 0 unspecified atom stereocenters. The van der Waals surface area contributed by atoms with Gasteiger partial charge in [-0.15, -0.1) is 5.92 Å². The molecule has 2 saturated heterocycles. The number of cyclic esters (lactones) is 1. The number of carbonyl (C=O) groups is 3. The van der Waals surface area contributed by atoms with Gasteiger partial charge in [-0.1, -0.05) is 115 Å². The van der Waals surface area contributed by atoms with Gasteiger partial charge in [-0.25, -0.2) is 4.99 Å². The monoisotopic (exact) mass is 1370 g/mol. The summed E-state index contributed by atoms with van der Waals surface area (Å²) in [6.45, 7) is 7.63. The largest absolute Gasteiger partial charge is 0.508 e. The summed E-state index contributed by atoms with van der Waals surface area (Å²) in [7, 11) is 2.97. The highest BCUT2D eigenvalue weighted by Gasteiger charge is 2.79. The number of guanidine groups is 1. The standard InChI is InChI=1S/C77H99N5O13S2/c1-5-58-63(61(72(92)95-58)46-24-25-79-34-46)50-13-9-12-45-31-77(94)66-64(74(3)32-57(86)68(88)54-38-97-96-37-47(41-17-21-49(84)22-18-41)28-56(85)55(36-83)82-67(66)69(89)65(54)74)44-16-20-48(35-81-73(78)80-33-40-10-7-6-8-11-40)76(77,30-44)70(45)75(4,93)59(87)29-53(71(90)91)60-43-19-23-51(50)62(60)52-26-39(2)14-15-42(52)27-43/h6-8,10-11,17-19,21-25,27,34,39,43-45,47-48,50-55,57-65,68,70-71,79,82-84,86-88,90-91,93-94H,5,12,14-16,20,26,28-33,35-38H2,1-4H3,(H3,78,80,81)/t39-,43+,44+,45-,47+,48+,50+,51+,52-,53-,54-,55+,57+,58-,59-,60+,61+,62-,63-,64+,65+,68-,70-,74-,75+,76+,77-/m1/s1. The highest BCUT2D eigenvalue weighted by Crippen LogP contribution is 2.77. The van der Waals surface area contributed by atoms with Crippen molar-refractivity contribution in [3.63, 3.8) is 0 Å². The van der Waals surface area contributed by atoms with Crippen LogP contribution in [0.15, 0.2) is 113 Å². The topological polar surface area (TPSA) is 321 Å². The number of phenolic OH excluding ortho intramolecular Hbond substituents is 1. The van der Waals surface area contributed by atoms with Crippen LogP contribution in [0.25, 0.3) is 0 Å². The SMILES string of the molecule is CC[C@H]1OC(=O)[C@@H](c2cc[nH]c2)[C@@H]1[C@H]1C#CC[C@@H]2C[C@@]3(O)C4=C5N[C@@H](CO)C(=O)C[C@H](c6ccc(O)cc6)CSSC[C@H]6[C@@H](O)[C@@H](O)C[C@](C)([C@H]4[C@H]4CC[C@@H](CNC(N)=NCc7ccccc7)[C@@]3(C4)[C@H]2[C@@](C)(O)[C@H](O)C[C@@H](C(O)O)[C@@H]2[C@H]3C=C[C@@H]1[C@@H]2[C@@H]1C[C@H](C)CCC1=C3)[C@@H]6C5=O. The second kappa shape index (κ2) is 26.8. The number of ether oxygens (including phenoxy) is 1. The summed E-state index contributed by atoms with van der Waals surface area (Å²) < 4.78 is 6.42. The van der Waals surface area contributed by atoms with Gasteiger partial charge in [0.15, 0.2) is 23.8 Å². The number of allylic oxidation sites excluding steroid dienone is 5. The first-order valence-electron chi connectivity index (χ1n) is 35.9. The summed E-state index contributed by atoms with van der Waals surface area (Å²) in [4.78, 5) is 54.5. The fraction of sp³-hybridized carbons (Fsp3) is 0.636. The van der Waals surface area contributed by atoms with Gasteiger partial charge in [0.2, 0.25) is 0 Å². The number of aromatic amines is 1. The molecule has 2 aliphatic heterocycles. The Morgan fingerprint density at radius 1 is 0.897 bits per heavy atom. The smallest absolute Gasteiger partial charge is 0.314 e. The summed E-state index contributed by atoms with van der Waals surface area (Å²) in [5, 5.41) is 121. The average molecular weight is 1370 g/mol. The van der Waals surface area contributed by atoms with E-state index in [4.69, 9.17) is 15.5 Å². The Kier molecular flexibility index (Phi) is 19.0. The van der Waals surface area contributed by atoms with Crippen molar-refractivity contribution in [2.24, 2.45) is 116 Å². The highest BCUT2D eigenvalue weighted by atomic mass is 33.1. The number of H-pyrrole nitrogens is 1. The molecule has 20 heteroatoms. The zero-order chi connectivity index (χ0) is 68.2. The number of phenols is 1. The second-order valence-corrected chi connectivity index (χ2v) is 34.3. The van der Waals surface area contributed by atoms with Crippen LogP contribution in [0.2, 0.25) is 0 Å². The van der Waals surface area contributed by atoms with Crippen LogP contribution in [-0.2, 0) is 25.7 Å². The van der Waals surface area contributed by atoms with Gasteiger partial charge in [-0.05, 0) is 176 Å². The number of aliphatic hydroxyl groups excluding tert-OH is 5. The number of fused-ring (bicyclic) bond motifs is 8. The molecule has 5 saturated carbocycles. The molecule has 3 heterocycles. The molecular weight excluding hydrogens is 1270 g/mol. The fourth-order valence-corrected chi connectivity index (χ4v) is 25.6. The zero-order valence-corrected chi connectivity index (χ0v) is 57.7. The quantitative estimate of drug-likeness (QED) is 0.0179. The number of esters is 1. The number of nitrogens with zero attached hydrogens (tertiary/aromatic N) is 1. The fourth-order valence-electron chi connectivity index (χ4n) is 22.8. The molecule has 0 amide bonds. The molecule has 14 rings (SSSR count). The van der Waals surface area contributed by atoms with Crippen LogP contribution < -0.4 is 16.4 Å². The minimum atomic E-state index is -2.14. The van der Waals surface area contributed by atoms with E-state index in [-0.39, 0.29) is 116 Å². The van der Waals surface area contributed by atoms with Gasteiger partial charge >= 0.3 is 5.97 Å². The maximum absolute atomic E-state index is 16.7. The normalized spacial score (nSPS) is 44.1. The molecule has 18 nitrogen and oxygen atoms in total. The Morgan fingerprint density at radius 2 is 1.67 bits per heavy atom. The van der Waals surface area contributed by atoms with Crippen LogP contribution in [0, 0.1) is 117 Å².